The average molecular weight is 434 g/mol. The van der Waals surface area contributed by atoms with Gasteiger partial charge in [-0.15, -0.1) is 11.3 Å². The second-order valence-corrected chi connectivity index (χ2v) is 7.59. The standard InChI is InChI=1S/C22H18N4O4S/c27-19(24-16-8-6-15(7-9-16)21(30)23-11-20(28)29)10-17-13-31-22-25-18(12-26(17)22)14-4-2-1-3-5-14/h1-9,12-13H,10-11H2,(H,23,30)(H,24,27)(H,28,29). The number of benzene rings is 2. The topological polar surface area (TPSA) is 113 Å². The van der Waals surface area contributed by atoms with Gasteiger partial charge in [-0.05, 0) is 24.3 Å². The Morgan fingerprint density at radius 2 is 1.77 bits per heavy atom. The number of nitrogens with one attached hydrogen (secondary N) is 2. The van der Waals surface area contributed by atoms with Gasteiger partial charge in [0.15, 0.2) is 4.96 Å². The highest BCUT2D eigenvalue weighted by atomic mass is 32.1. The van der Waals surface area contributed by atoms with E-state index in [0.717, 1.165) is 21.9 Å². The molecule has 2 aromatic carbocycles. The molecule has 0 bridgehead atoms. The van der Waals surface area contributed by atoms with Gasteiger partial charge in [0.2, 0.25) is 5.91 Å². The van der Waals surface area contributed by atoms with Gasteiger partial charge in [0.05, 0.1) is 12.1 Å². The van der Waals surface area contributed by atoms with Gasteiger partial charge in [0.1, 0.15) is 6.54 Å². The van der Waals surface area contributed by atoms with E-state index in [1.54, 1.807) is 12.1 Å². The molecule has 0 saturated heterocycles. The predicted molar refractivity (Wildman–Crippen MR) is 117 cm³/mol. The van der Waals surface area contributed by atoms with Gasteiger partial charge < -0.3 is 15.7 Å². The van der Waals surface area contributed by atoms with E-state index in [1.807, 2.05) is 46.3 Å². The van der Waals surface area contributed by atoms with Gasteiger partial charge in [-0.25, -0.2) is 4.98 Å². The van der Waals surface area contributed by atoms with Crippen molar-refractivity contribution < 1.29 is 19.5 Å². The minimum Gasteiger partial charge on any atom is -0.480 e. The first kappa shape index (κ1) is 20.3. The Balaban J connectivity index is 1.41. The van der Waals surface area contributed by atoms with Crippen molar-refractivity contribution in [1.29, 1.82) is 0 Å². The van der Waals surface area contributed by atoms with Crippen LogP contribution < -0.4 is 10.6 Å². The van der Waals surface area contributed by atoms with Crippen molar-refractivity contribution in [3.05, 3.63) is 77.4 Å². The van der Waals surface area contributed by atoms with Crippen LogP contribution in [0.25, 0.3) is 16.2 Å². The Hall–Kier alpha value is -3.98. The molecule has 0 atom stereocenters. The second kappa shape index (κ2) is 8.80. The van der Waals surface area contributed by atoms with Crippen LogP contribution >= 0.6 is 11.3 Å². The molecule has 0 saturated carbocycles. The smallest absolute Gasteiger partial charge is 0.322 e. The van der Waals surface area contributed by atoms with Crippen LogP contribution in [0.5, 0.6) is 0 Å². The van der Waals surface area contributed by atoms with Gasteiger partial charge in [-0.1, -0.05) is 30.3 Å². The molecule has 156 valence electrons. The Morgan fingerprint density at radius 1 is 1.03 bits per heavy atom. The first-order chi connectivity index (χ1) is 15.0. The number of nitrogens with zero attached hydrogens (tertiary/aromatic N) is 2. The highest BCUT2D eigenvalue weighted by Gasteiger charge is 2.13. The molecule has 8 nitrogen and oxygen atoms in total. The fourth-order valence-corrected chi connectivity index (χ4v) is 3.91. The lowest BCUT2D eigenvalue weighted by molar-refractivity contribution is -0.135. The maximum Gasteiger partial charge on any atom is 0.322 e. The summed E-state index contributed by atoms with van der Waals surface area (Å²) in [4.78, 5) is 40.3. The zero-order valence-electron chi connectivity index (χ0n) is 16.2. The van der Waals surface area contributed by atoms with Crippen molar-refractivity contribution in [2.45, 2.75) is 6.42 Å². The third-order valence-corrected chi connectivity index (χ3v) is 5.41. The molecule has 2 aromatic heterocycles. The lowest BCUT2D eigenvalue weighted by atomic mass is 10.2. The number of aromatic nitrogens is 2. The van der Waals surface area contributed by atoms with Crippen molar-refractivity contribution in [3.8, 4) is 11.3 Å². The molecule has 3 N–H and O–H groups in total. The number of imidazole rings is 1. The van der Waals surface area contributed by atoms with Crippen molar-refractivity contribution in [2.24, 2.45) is 0 Å². The maximum absolute atomic E-state index is 12.5. The Kier molecular flexibility index (Phi) is 5.76. The third kappa shape index (κ3) is 4.78. The zero-order valence-corrected chi connectivity index (χ0v) is 17.1. The number of carbonyl (C=O) groups is 3. The number of carboxylic acid groups (broad SMARTS) is 1. The van der Waals surface area contributed by atoms with E-state index >= 15 is 0 Å². The summed E-state index contributed by atoms with van der Waals surface area (Å²) >= 11 is 1.48. The molecule has 0 fully saturated rings. The number of anilines is 1. The molecule has 31 heavy (non-hydrogen) atoms. The van der Waals surface area contributed by atoms with Crippen LogP contribution in [0.2, 0.25) is 0 Å². The maximum atomic E-state index is 12.5. The fourth-order valence-electron chi connectivity index (χ4n) is 3.04. The van der Waals surface area contributed by atoms with Crippen molar-refractivity contribution in [3.63, 3.8) is 0 Å². The third-order valence-electron chi connectivity index (χ3n) is 4.53. The number of fused-ring (bicyclic) bond motifs is 1. The summed E-state index contributed by atoms with van der Waals surface area (Å²) in [6.07, 6.45) is 2.10. The van der Waals surface area contributed by atoms with Crippen molar-refractivity contribution in [1.82, 2.24) is 14.7 Å². The minimum absolute atomic E-state index is 0.172. The summed E-state index contributed by atoms with van der Waals surface area (Å²) in [7, 11) is 0. The number of carbonyl (C=O) groups excluding carboxylic acids is 2. The summed E-state index contributed by atoms with van der Waals surface area (Å²) in [5, 5.41) is 15.6. The fraction of sp³-hybridized carbons (Fsp3) is 0.0909. The average Bonchev–Trinajstić information content (AvgIpc) is 3.35. The van der Waals surface area contributed by atoms with Gasteiger partial charge in [-0.2, -0.15) is 0 Å². The summed E-state index contributed by atoms with van der Waals surface area (Å²) in [5.74, 6) is -1.80. The normalized spacial score (nSPS) is 10.7. The number of hydrogen-bond acceptors (Lipinski definition) is 5. The van der Waals surface area contributed by atoms with Gasteiger partial charge >= 0.3 is 5.97 Å². The van der Waals surface area contributed by atoms with Gasteiger partial charge in [0.25, 0.3) is 5.91 Å². The largest absolute Gasteiger partial charge is 0.480 e. The summed E-state index contributed by atoms with van der Waals surface area (Å²) < 4.78 is 1.92. The first-order valence-corrected chi connectivity index (χ1v) is 10.3. The second-order valence-electron chi connectivity index (χ2n) is 6.75. The van der Waals surface area contributed by atoms with Gasteiger partial charge in [0, 0.05) is 34.1 Å². The van der Waals surface area contributed by atoms with E-state index < -0.39 is 18.4 Å². The number of rotatable bonds is 7. The molecule has 4 rings (SSSR count). The van der Waals surface area contributed by atoms with E-state index in [2.05, 4.69) is 15.6 Å². The molecule has 0 spiro atoms. The van der Waals surface area contributed by atoms with Crippen LogP contribution in [0.1, 0.15) is 16.1 Å². The summed E-state index contributed by atoms with van der Waals surface area (Å²) in [6.45, 7) is -0.452. The highest BCUT2D eigenvalue weighted by molar-refractivity contribution is 7.15. The molecular weight excluding hydrogens is 416 g/mol. The SMILES string of the molecule is O=C(O)CNC(=O)c1ccc(NC(=O)Cc2csc3nc(-c4ccccc4)cn23)cc1. The Labute approximate surface area is 181 Å². The number of amides is 2. The van der Waals surface area contributed by atoms with Crippen molar-refractivity contribution in [2.75, 3.05) is 11.9 Å². The molecule has 4 aromatic rings. The monoisotopic (exact) mass is 434 g/mol. The molecule has 0 aliphatic heterocycles. The molecule has 9 heteroatoms. The number of hydrogen-bond donors (Lipinski definition) is 3. The Morgan fingerprint density at radius 3 is 2.48 bits per heavy atom. The van der Waals surface area contributed by atoms with E-state index in [4.69, 9.17) is 5.11 Å². The molecule has 0 radical (unpaired) electrons. The molecular formula is C22H18N4O4S. The Bertz CT molecular complexity index is 1250. The quantitative estimate of drug-likeness (QED) is 0.414. The molecule has 2 amide bonds. The lowest BCUT2D eigenvalue weighted by Gasteiger charge is -2.07. The number of carboxylic acids is 1. The molecule has 0 aliphatic carbocycles. The van der Waals surface area contributed by atoms with Crippen LogP contribution in [-0.2, 0) is 16.0 Å². The summed E-state index contributed by atoms with van der Waals surface area (Å²) in [5.41, 5.74) is 3.55. The van der Waals surface area contributed by atoms with E-state index in [9.17, 15) is 14.4 Å². The van der Waals surface area contributed by atoms with Crippen LogP contribution in [0.15, 0.2) is 66.2 Å². The molecule has 2 heterocycles. The highest BCUT2D eigenvalue weighted by Crippen LogP contribution is 2.24. The molecule has 0 aliphatic rings. The van der Waals surface area contributed by atoms with E-state index in [0.29, 0.717) is 11.3 Å². The van der Waals surface area contributed by atoms with E-state index in [1.165, 1.54) is 23.5 Å². The van der Waals surface area contributed by atoms with Crippen LogP contribution in [0, 0.1) is 0 Å². The lowest BCUT2D eigenvalue weighted by Crippen LogP contribution is -2.29. The van der Waals surface area contributed by atoms with Crippen LogP contribution in [0.4, 0.5) is 5.69 Å². The zero-order chi connectivity index (χ0) is 21.8. The number of thiazole rings is 1. The van der Waals surface area contributed by atoms with E-state index in [-0.39, 0.29) is 12.3 Å². The molecule has 0 unspecified atom stereocenters. The number of aliphatic carboxylic acids is 1. The van der Waals surface area contributed by atoms with Crippen molar-refractivity contribution >= 4 is 39.8 Å². The van der Waals surface area contributed by atoms with Crippen LogP contribution in [0.3, 0.4) is 0 Å². The van der Waals surface area contributed by atoms with Crippen LogP contribution in [-0.4, -0.2) is 38.8 Å². The first-order valence-electron chi connectivity index (χ1n) is 9.40. The minimum atomic E-state index is -1.12. The van der Waals surface area contributed by atoms with Gasteiger partial charge in [-0.3, -0.25) is 18.8 Å². The summed E-state index contributed by atoms with van der Waals surface area (Å²) in [6, 6.07) is 16.1. The predicted octanol–water partition coefficient (Wildman–Crippen LogP) is 3.06.